The van der Waals surface area contributed by atoms with Crippen molar-refractivity contribution in [2.24, 2.45) is 4.99 Å². The third-order valence-electron chi connectivity index (χ3n) is 2.87. The molecule has 0 fully saturated rings. The Morgan fingerprint density at radius 3 is 2.74 bits per heavy atom. The molecule has 0 spiro atoms. The van der Waals surface area contributed by atoms with Gasteiger partial charge < -0.3 is 10.6 Å². The summed E-state index contributed by atoms with van der Waals surface area (Å²) in [6, 6.07) is 2.80. The number of hydrogen-bond donors (Lipinski definition) is 2. The predicted molar refractivity (Wildman–Crippen MR) is 101 cm³/mol. The van der Waals surface area contributed by atoms with Crippen LogP contribution >= 0.6 is 24.0 Å². The molecular formula is C14H24FIN4O2S. The van der Waals surface area contributed by atoms with Crippen molar-refractivity contribution in [3.05, 3.63) is 29.8 Å². The van der Waals surface area contributed by atoms with E-state index in [0.29, 0.717) is 18.9 Å². The third-order valence-corrected chi connectivity index (χ3v) is 3.85. The van der Waals surface area contributed by atoms with E-state index in [1.165, 1.54) is 24.6 Å². The van der Waals surface area contributed by atoms with Gasteiger partial charge in [-0.25, -0.2) is 17.8 Å². The topological polar surface area (TPSA) is 83.4 Å². The zero-order valence-electron chi connectivity index (χ0n) is 13.5. The highest BCUT2D eigenvalue weighted by atomic mass is 127. The first-order chi connectivity index (χ1) is 10.3. The van der Waals surface area contributed by atoms with Gasteiger partial charge in [0.25, 0.3) is 0 Å². The summed E-state index contributed by atoms with van der Waals surface area (Å²) >= 11 is 0. The van der Waals surface area contributed by atoms with Gasteiger partial charge in [0.1, 0.15) is 15.7 Å². The van der Waals surface area contributed by atoms with Gasteiger partial charge in [-0.1, -0.05) is 0 Å². The van der Waals surface area contributed by atoms with Crippen LogP contribution in [0.5, 0.6) is 0 Å². The Balaban J connectivity index is 0.00000484. The fourth-order valence-corrected chi connectivity index (χ4v) is 2.49. The van der Waals surface area contributed by atoms with E-state index in [-0.39, 0.29) is 48.0 Å². The summed E-state index contributed by atoms with van der Waals surface area (Å²) < 4.78 is 35.8. The SMILES string of the molecule is CCNC(=NCc1ncccc1F)NC(C)CCS(C)(=O)=O.I. The number of aliphatic imine (C=N–C) groups is 1. The monoisotopic (exact) mass is 458 g/mol. The van der Waals surface area contributed by atoms with E-state index >= 15 is 0 Å². The lowest BCUT2D eigenvalue weighted by molar-refractivity contribution is 0.579. The molecule has 2 N–H and O–H groups in total. The molecule has 1 heterocycles. The molecule has 23 heavy (non-hydrogen) atoms. The van der Waals surface area contributed by atoms with Crippen LogP contribution in [0.2, 0.25) is 0 Å². The number of guanidine groups is 1. The highest BCUT2D eigenvalue weighted by Crippen LogP contribution is 2.04. The molecule has 1 atom stereocenters. The standard InChI is InChI=1S/C14H23FN4O2S.HI/c1-4-16-14(19-11(2)7-9-22(3,20)21)18-10-13-12(15)6-5-8-17-13;/h5-6,8,11H,4,7,9-10H2,1-3H3,(H2,16,18,19);1H. The van der Waals surface area contributed by atoms with Crippen molar-refractivity contribution in [1.29, 1.82) is 0 Å². The van der Waals surface area contributed by atoms with E-state index in [4.69, 9.17) is 0 Å². The Morgan fingerprint density at radius 2 is 2.17 bits per heavy atom. The first kappa shape index (κ1) is 22.0. The fraction of sp³-hybridized carbons (Fsp3) is 0.571. The molecule has 1 aromatic rings. The van der Waals surface area contributed by atoms with E-state index in [2.05, 4.69) is 20.6 Å². The van der Waals surface area contributed by atoms with Crippen LogP contribution in [0, 0.1) is 5.82 Å². The van der Waals surface area contributed by atoms with E-state index < -0.39 is 15.7 Å². The van der Waals surface area contributed by atoms with Crippen molar-refractivity contribution in [3.8, 4) is 0 Å². The summed E-state index contributed by atoms with van der Waals surface area (Å²) in [5.74, 6) is 0.218. The highest BCUT2D eigenvalue weighted by Gasteiger charge is 2.10. The molecule has 9 heteroatoms. The van der Waals surface area contributed by atoms with Crippen LogP contribution in [0.4, 0.5) is 4.39 Å². The van der Waals surface area contributed by atoms with Gasteiger partial charge in [-0.05, 0) is 32.4 Å². The second-order valence-corrected chi connectivity index (χ2v) is 7.35. The van der Waals surface area contributed by atoms with Gasteiger partial charge in [-0.15, -0.1) is 24.0 Å². The quantitative estimate of drug-likeness (QED) is 0.370. The maximum atomic E-state index is 13.5. The summed E-state index contributed by atoms with van der Waals surface area (Å²) in [4.78, 5) is 8.21. The summed E-state index contributed by atoms with van der Waals surface area (Å²) in [5, 5.41) is 6.14. The summed E-state index contributed by atoms with van der Waals surface area (Å²) in [5.41, 5.74) is 0.267. The molecule has 1 rings (SSSR count). The predicted octanol–water partition coefficient (Wildman–Crippen LogP) is 1.72. The summed E-state index contributed by atoms with van der Waals surface area (Å²) in [6.07, 6.45) is 3.20. The fourth-order valence-electron chi connectivity index (χ4n) is 1.71. The van der Waals surface area contributed by atoms with Crippen LogP contribution < -0.4 is 10.6 Å². The first-order valence-electron chi connectivity index (χ1n) is 7.13. The van der Waals surface area contributed by atoms with Gasteiger partial charge in [-0.3, -0.25) is 4.98 Å². The zero-order chi connectivity index (χ0) is 16.6. The van der Waals surface area contributed by atoms with Crippen molar-refractivity contribution in [3.63, 3.8) is 0 Å². The van der Waals surface area contributed by atoms with Gasteiger partial charge in [0.15, 0.2) is 5.96 Å². The van der Waals surface area contributed by atoms with Crippen molar-refractivity contribution in [2.75, 3.05) is 18.6 Å². The lowest BCUT2D eigenvalue weighted by Gasteiger charge is -2.17. The Bertz CT molecular complexity index is 611. The lowest BCUT2D eigenvalue weighted by atomic mass is 10.3. The van der Waals surface area contributed by atoms with Gasteiger partial charge in [-0.2, -0.15) is 0 Å². The smallest absolute Gasteiger partial charge is 0.191 e. The maximum absolute atomic E-state index is 13.5. The van der Waals surface area contributed by atoms with Gasteiger partial charge >= 0.3 is 0 Å². The Morgan fingerprint density at radius 1 is 1.48 bits per heavy atom. The highest BCUT2D eigenvalue weighted by molar-refractivity contribution is 14.0. The Hall–Kier alpha value is -0.970. The zero-order valence-corrected chi connectivity index (χ0v) is 16.7. The molecule has 6 nitrogen and oxygen atoms in total. The molecule has 0 amide bonds. The normalized spacial score (nSPS) is 13.1. The van der Waals surface area contributed by atoms with E-state index in [0.717, 1.165) is 0 Å². The molecule has 1 unspecified atom stereocenters. The number of aromatic nitrogens is 1. The van der Waals surface area contributed by atoms with Crippen LogP contribution in [0.3, 0.4) is 0 Å². The van der Waals surface area contributed by atoms with E-state index in [9.17, 15) is 12.8 Å². The van der Waals surface area contributed by atoms with E-state index in [1.54, 1.807) is 0 Å². The number of nitrogens with one attached hydrogen (secondary N) is 2. The third kappa shape index (κ3) is 9.69. The van der Waals surface area contributed by atoms with Crippen LogP contribution in [-0.4, -0.2) is 44.0 Å². The van der Waals surface area contributed by atoms with Gasteiger partial charge in [0, 0.05) is 25.0 Å². The lowest BCUT2D eigenvalue weighted by Crippen LogP contribution is -2.42. The van der Waals surface area contributed by atoms with Crippen molar-refractivity contribution in [1.82, 2.24) is 15.6 Å². The molecule has 0 bridgehead atoms. The average Bonchev–Trinajstić information content (AvgIpc) is 2.43. The van der Waals surface area contributed by atoms with Crippen LogP contribution in [0.15, 0.2) is 23.3 Å². The molecule has 0 aliphatic carbocycles. The number of sulfone groups is 1. The van der Waals surface area contributed by atoms with Crippen molar-refractivity contribution in [2.45, 2.75) is 32.9 Å². The molecule has 0 radical (unpaired) electrons. The molecule has 0 saturated carbocycles. The minimum Gasteiger partial charge on any atom is -0.357 e. The number of pyridine rings is 1. The molecule has 1 aromatic heterocycles. The largest absolute Gasteiger partial charge is 0.357 e. The molecule has 132 valence electrons. The molecule has 0 aliphatic heterocycles. The first-order valence-corrected chi connectivity index (χ1v) is 9.20. The second-order valence-electron chi connectivity index (χ2n) is 5.09. The maximum Gasteiger partial charge on any atom is 0.191 e. The average molecular weight is 458 g/mol. The Labute approximate surface area is 154 Å². The van der Waals surface area contributed by atoms with Crippen molar-refractivity contribution < 1.29 is 12.8 Å². The molecule has 0 aromatic carbocycles. The van der Waals surface area contributed by atoms with Crippen LogP contribution in [0.1, 0.15) is 26.0 Å². The van der Waals surface area contributed by atoms with E-state index in [1.807, 2.05) is 13.8 Å². The minimum absolute atomic E-state index is 0. The Kier molecular flexibility index (Phi) is 10.3. The van der Waals surface area contributed by atoms with Crippen LogP contribution in [-0.2, 0) is 16.4 Å². The molecule has 0 saturated heterocycles. The molecule has 0 aliphatic rings. The number of rotatable bonds is 7. The number of halogens is 2. The van der Waals surface area contributed by atoms with Crippen molar-refractivity contribution >= 4 is 39.8 Å². The number of nitrogens with zero attached hydrogens (tertiary/aromatic N) is 2. The second kappa shape index (κ2) is 10.7. The number of hydrogen-bond acceptors (Lipinski definition) is 4. The molecular weight excluding hydrogens is 434 g/mol. The summed E-state index contributed by atoms with van der Waals surface area (Å²) in [7, 11) is -2.99. The van der Waals surface area contributed by atoms with Crippen LogP contribution in [0.25, 0.3) is 0 Å². The van der Waals surface area contributed by atoms with Gasteiger partial charge in [0.2, 0.25) is 0 Å². The minimum atomic E-state index is -2.99. The summed E-state index contributed by atoms with van der Waals surface area (Å²) in [6.45, 7) is 4.55. The van der Waals surface area contributed by atoms with Gasteiger partial charge in [0.05, 0.1) is 18.0 Å².